The molecule has 5 heteroatoms. The van der Waals surface area contributed by atoms with Crippen LogP contribution in [0.15, 0.2) is 30.3 Å². The van der Waals surface area contributed by atoms with E-state index in [2.05, 4.69) is 41.5 Å². The van der Waals surface area contributed by atoms with Crippen LogP contribution in [-0.2, 0) is 19.1 Å². The number of hydrogen-bond acceptors (Lipinski definition) is 5. The van der Waals surface area contributed by atoms with Crippen molar-refractivity contribution in [1.82, 2.24) is 0 Å². The summed E-state index contributed by atoms with van der Waals surface area (Å²) in [6.45, 7) is 15.4. The highest BCUT2D eigenvalue weighted by atomic mass is 16.5. The quantitative estimate of drug-likeness (QED) is 0.197. The predicted octanol–water partition coefficient (Wildman–Crippen LogP) is 8.30. The zero-order valence-corrected chi connectivity index (χ0v) is 24.8. The number of esters is 2. The van der Waals surface area contributed by atoms with E-state index in [1.165, 1.54) is 0 Å². The average Bonchev–Trinajstić information content (AvgIpc) is 2.92. The molecule has 3 unspecified atom stereocenters. The lowest BCUT2D eigenvalue weighted by molar-refractivity contribution is -0.156. The number of aliphatic hydroxyl groups is 1. The van der Waals surface area contributed by atoms with Crippen LogP contribution in [0.5, 0.6) is 0 Å². The minimum atomic E-state index is -0.438. The number of hydrogen-bond donors (Lipinski definition) is 1. The second kappa shape index (κ2) is 22.1. The molecule has 0 heterocycles. The van der Waals surface area contributed by atoms with Gasteiger partial charge in [-0.3, -0.25) is 9.59 Å². The summed E-state index contributed by atoms with van der Waals surface area (Å²) in [6.07, 6.45) is 9.65. The molecule has 5 atom stereocenters. The molecule has 1 N–H and O–H groups in total. The molecule has 1 aromatic rings. The first-order chi connectivity index (χ1) is 17.7. The predicted molar refractivity (Wildman–Crippen MR) is 153 cm³/mol. The van der Waals surface area contributed by atoms with Crippen LogP contribution >= 0.6 is 0 Å². The first-order valence-corrected chi connectivity index (χ1v) is 14.8. The average molecular weight is 521 g/mol. The monoisotopic (exact) mass is 520 g/mol. The molecule has 0 fully saturated rings. The largest absolute Gasteiger partial charge is 0.465 e. The molecule has 0 aliphatic heterocycles. The van der Waals surface area contributed by atoms with Crippen molar-refractivity contribution in [3.63, 3.8) is 0 Å². The zero-order chi connectivity index (χ0) is 28.1. The van der Waals surface area contributed by atoms with E-state index in [9.17, 15) is 14.7 Å². The summed E-state index contributed by atoms with van der Waals surface area (Å²) in [7, 11) is 0. The molecule has 0 amide bonds. The van der Waals surface area contributed by atoms with Crippen LogP contribution < -0.4 is 0 Å². The number of carbonyl (C=O) groups excluding carboxylic acids is 2. The van der Waals surface area contributed by atoms with Gasteiger partial charge in [0.1, 0.15) is 0 Å². The molecular formula is C32H56O5. The summed E-state index contributed by atoms with van der Waals surface area (Å²) in [4.78, 5) is 24.0. The number of unbranched alkanes of at least 4 members (excludes halogenated alkanes) is 2. The van der Waals surface area contributed by atoms with Gasteiger partial charge >= 0.3 is 11.9 Å². The first kappa shape index (κ1) is 35.1. The van der Waals surface area contributed by atoms with Crippen LogP contribution in [0.3, 0.4) is 0 Å². The SMILES string of the molecule is CCCCC(CC)COC(=O)CC(C)C(=O)OCC(CC)CCCC.CC[C@@H](C)[C@H](O)c1ccccc1. The number of carbonyl (C=O) groups is 2. The molecule has 214 valence electrons. The third kappa shape index (κ3) is 16.5. The van der Waals surface area contributed by atoms with Crippen LogP contribution in [0, 0.1) is 23.7 Å². The van der Waals surface area contributed by atoms with Crippen LogP contribution in [0.4, 0.5) is 0 Å². The van der Waals surface area contributed by atoms with Gasteiger partial charge in [0, 0.05) is 0 Å². The lowest BCUT2D eigenvalue weighted by Crippen LogP contribution is -2.23. The Hall–Kier alpha value is -1.88. The molecule has 1 rings (SSSR count). The fraction of sp³-hybridized carbons (Fsp3) is 0.750. The van der Waals surface area contributed by atoms with E-state index >= 15 is 0 Å². The summed E-state index contributed by atoms with van der Waals surface area (Å²) < 4.78 is 10.8. The number of benzene rings is 1. The van der Waals surface area contributed by atoms with Gasteiger partial charge in [-0.25, -0.2) is 0 Å². The highest BCUT2D eigenvalue weighted by molar-refractivity contribution is 5.79. The molecule has 5 nitrogen and oxygen atoms in total. The smallest absolute Gasteiger partial charge is 0.309 e. The van der Waals surface area contributed by atoms with Crippen LogP contribution in [0.2, 0.25) is 0 Å². The van der Waals surface area contributed by atoms with E-state index in [0.717, 1.165) is 63.4 Å². The van der Waals surface area contributed by atoms with Gasteiger partial charge in [0.05, 0.1) is 31.7 Å². The van der Waals surface area contributed by atoms with Crippen molar-refractivity contribution in [2.45, 2.75) is 119 Å². The maximum atomic E-state index is 12.1. The first-order valence-electron chi connectivity index (χ1n) is 14.8. The number of rotatable bonds is 18. The van der Waals surface area contributed by atoms with Crippen LogP contribution in [-0.4, -0.2) is 30.3 Å². The summed E-state index contributed by atoms with van der Waals surface area (Å²) in [6, 6.07) is 9.82. The molecular weight excluding hydrogens is 464 g/mol. The van der Waals surface area contributed by atoms with Crippen LogP contribution in [0.25, 0.3) is 0 Å². The normalized spacial score (nSPS) is 14.9. The van der Waals surface area contributed by atoms with Gasteiger partial charge in [-0.2, -0.15) is 0 Å². The van der Waals surface area contributed by atoms with Gasteiger partial charge in [0.2, 0.25) is 0 Å². The van der Waals surface area contributed by atoms with E-state index in [0.29, 0.717) is 31.0 Å². The molecule has 1 aromatic carbocycles. The fourth-order valence-electron chi connectivity index (χ4n) is 3.94. The topological polar surface area (TPSA) is 72.8 Å². The van der Waals surface area contributed by atoms with Crippen molar-refractivity contribution in [3.8, 4) is 0 Å². The molecule has 0 saturated carbocycles. The third-order valence-corrected chi connectivity index (χ3v) is 7.23. The van der Waals surface area contributed by atoms with E-state index < -0.39 is 5.92 Å². The summed E-state index contributed by atoms with van der Waals surface area (Å²) in [5.74, 6) is 0.170. The minimum absolute atomic E-state index is 0.106. The van der Waals surface area contributed by atoms with Crippen molar-refractivity contribution in [2.24, 2.45) is 23.7 Å². The summed E-state index contributed by atoms with van der Waals surface area (Å²) in [5.41, 5.74) is 1.02. The lowest BCUT2D eigenvalue weighted by Gasteiger charge is -2.18. The Morgan fingerprint density at radius 3 is 1.76 bits per heavy atom. The molecule has 0 aromatic heterocycles. The van der Waals surface area contributed by atoms with Crippen molar-refractivity contribution in [2.75, 3.05) is 13.2 Å². The maximum absolute atomic E-state index is 12.1. The van der Waals surface area contributed by atoms with Gasteiger partial charge in [0.15, 0.2) is 0 Å². The fourth-order valence-corrected chi connectivity index (χ4v) is 3.94. The molecule has 0 saturated heterocycles. The maximum Gasteiger partial charge on any atom is 0.309 e. The standard InChI is InChI=1S/C21H40O4.C11H16O/c1-6-10-12-18(8-3)15-24-20(22)14-17(5)21(23)25-16-19(9-4)13-11-7-2;1-3-9(2)11(12)10-7-5-4-6-8-10/h17-19H,6-16H2,1-5H3;4-9,11-12H,3H2,1-2H3/t;9-,11+/m.1/s1. The Kier molecular flexibility index (Phi) is 21.0. The number of ether oxygens (including phenoxy) is 2. The summed E-state index contributed by atoms with van der Waals surface area (Å²) >= 11 is 0. The second-order valence-electron chi connectivity index (χ2n) is 10.5. The summed E-state index contributed by atoms with van der Waals surface area (Å²) in [5, 5.41) is 9.79. The van der Waals surface area contributed by atoms with E-state index in [1.807, 2.05) is 30.3 Å². The molecule has 0 bridgehead atoms. The Morgan fingerprint density at radius 1 is 0.784 bits per heavy atom. The number of aliphatic hydroxyl groups excluding tert-OH is 1. The third-order valence-electron chi connectivity index (χ3n) is 7.23. The Bertz CT molecular complexity index is 690. The second-order valence-corrected chi connectivity index (χ2v) is 10.5. The van der Waals surface area contributed by atoms with Gasteiger partial charge in [-0.1, -0.05) is 124 Å². The molecule has 0 radical (unpaired) electrons. The van der Waals surface area contributed by atoms with Crippen molar-refractivity contribution in [1.29, 1.82) is 0 Å². The van der Waals surface area contributed by atoms with Crippen LogP contribution in [0.1, 0.15) is 124 Å². The zero-order valence-electron chi connectivity index (χ0n) is 24.8. The van der Waals surface area contributed by atoms with Gasteiger partial charge in [-0.05, 0) is 36.2 Å². The Labute approximate surface area is 227 Å². The van der Waals surface area contributed by atoms with Crippen molar-refractivity contribution < 1.29 is 24.2 Å². The molecule has 0 spiro atoms. The van der Waals surface area contributed by atoms with Gasteiger partial charge in [-0.15, -0.1) is 0 Å². The molecule has 37 heavy (non-hydrogen) atoms. The van der Waals surface area contributed by atoms with E-state index in [1.54, 1.807) is 6.92 Å². The lowest BCUT2D eigenvalue weighted by atomic mass is 9.95. The van der Waals surface area contributed by atoms with Crippen molar-refractivity contribution >= 4 is 11.9 Å². The van der Waals surface area contributed by atoms with Gasteiger partial charge < -0.3 is 14.6 Å². The van der Waals surface area contributed by atoms with E-state index in [-0.39, 0.29) is 24.5 Å². The highest BCUT2D eigenvalue weighted by Crippen LogP contribution is 2.23. The van der Waals surface area contributed by atoms with E-state index in [4.69, 9.17) is 9.47 Å². The highest BCUT2D eigenvalue weighted by Gasteiger charge is 2.21. The molecule has 0 aliphatic rings. The Morgan fingerprint density at radius 2 is 1.30 bits per heavy atom. The van der Waals surface area contributed by atoms with Gasteiger partial charge in [0.25, 0.3) is 0 Å². The van der Waals surface area contributed by atoms with Crippen molar-refractivity contribution in [3.05, 3.63) is 35.9 Å². The molecule has 0 aliphatic carbocycles. The Balaban J connectivity index is 0.000000893. The minimum Gasteiger partial charge on any atom is -0.465 e.